The molecule has 5 rings (SSSR count). The largest absolute Gasteiger partial charge is 0.461 e. The quantitative estimate of drug-likeness (QED) is 0.0548. The Morgan fingerprint density at radius 3 is 2.49 bits per heavy atom. The number of nitrogens with zero attached hydrogens (tertiary/aromatic N) is 4. The number of fused-ring (bicyclic) bond motifs is 1. The first-order valence-electron chi connectivity index (χ1n) is 20.3. The molecule has 2 aromatic heterocycles. The number of H-pyrrole nitrogens is 1. The maximum Gasteiger partial charge on any atom is 0.328 e. The first-order valence-corrected chi connectivity index (χ1v) is 20.3. The molecule has 3 heterocycles. The highest BCUT2D eigenvalue weighted by Gasteiger charge is 2.29. The number of aromatic amines is 1. The zero-order valence-electron chi connectivity index (χ0n) is 32.7. The molecule has 1 saturated heterocycles. The smallest absolute Gasteiger partial charge is 0.328 e. The van der Waals surface area contributed by atoms with Crippen LogP contribution in [0, 0.1) is 0 Å². The highest BCUT2D eigenvalue weighted by Crippen LogP contribution is 2.25. The van der Waals surface area contributed by atoms with Crippen LogP contribution in [-0.4, -0.2) is 117 Å². The van der Waals surface area contributed by atoms with Gasteiger partial charge in [0.2, 0.25) is 17.8 Å². The number of aliphatic hydroxyl groups is 1. The summed E-state index contributed by atoms with van der Waals surface area (Å²) in [5.41, 5.74) is 7.52. The fourth-order valence-corrected chi connectivity index (χ4v) is 7.16. The number of benzene rings is 1. The Bertz CT molecular complexity index is 1620. The number of hydrogen-bond acceptors (Lipinski definition) is 12. The predicted octanol–water partition coefficient (Wildman–Crippen LogP) is 2.60. The summed E-state index contributed by atoms with van der Waals surface area (Å²) in [6.07, 6.45) is 12.3. The number of hydrogen-bond donors (Lipinski definition) is 8. The van der Waals surface area contributed by atoms with Gasteiger partial charge < -0.3 is 47.1 Å². The Labute approximate surface area is 324 Å². The minimum Gasteiger partial charge on any atom is -0.461 e. The number of carbonyl (C=O) groups excluding carboxylic acids is 3. The number of ether oxygens (including phenoxy) is 1. The minimum absolute atomic E-state index is 0.0504. The molecule has 9 N–H and O–H groups in total. The van der Waals surface area contributed by atoms with E-state index in [4.69, 9.17) is 20.4 Å². The van der Waals surface area contributed by atoms with Crippen molar-refractivity contribution in [3.63, 3.8) is 0 Å². The van der Waals surface area contributed by atoms with Gasteiger partial charge in [-0.15, -0.1) is 0 Å². The summed E-state index contributed by atoms with van der Waals surface area (Å²) in [6, 6.07) is 6.53. The Hall–Kier alpha value is -4.25. The number of aryl methyl sites for hydroxylation is 1. The van der Waals surface area contributed by atoms with Crippen LogP contribution in [0.4, 0.5) is 11.8 Å². The first-order chi connectivity index (χ1) is 26.7. The number of amides is 2. The highest BCUT2D eigenvalue weighted by atomic mass is 16.5. The maximum absolute atomic E-state index is 13.2. The van der Waals surface area contributed by atoms with Crippen molar-refractivity contribution in [3.8, 4) is 0 Å². The van der Waals surface area contributed by atoms with Crippen molar-refractivity contribution < 1.29 is 24.2 Å². The van der Waals surface area contributed by atoms with Crippen molar-refractivity contribution in [1.82, 2.24) is 40.6 Å². The van der Waals surface area contributed by atoms with Crippen LogP contribution in [0.5, 0.6) is 0 Å². The number of piperidine rings is 1. The number of aliphatic hydroxyl groups excluding tert-OH is 1. The fraction of sp³-hybridized carbons (Fsp3) is 0.667. The molecular weight excluding hydrogens is 703 g/mol. The van der Waals surface area contributed by atoms with Gasteiger partial charge in [-0.25, -0.2) is 9.78 Å². The zero-order chi connectivity index (χ0) is 39.0. The molecule has 0 unspecified atom stereocenters. The van der Waals surface area contributed by atoms with E-state index in [1.165, 1.54) is 32.1 Å². The summed E-state index contributed by atoms with van der Waals surface area (Å²) >= 11 is 0. The van der Waals surface area contributed by atoms with E-state index in [9.17, 15) is 19.5 Å². The number of likely N-dealkylation sites (tertiary alicyclic amines) is 1. The van der Waals surface area contributed by atoms with Crippen LogP contribution < -0.4 is 32.3 Å². The predicted molar refractivity (Wildman–Crippen MR) is 213 cm³/mol. The van der Waals surface area contributed by atoms with Gasteiger partial charge in [-0.05, 0) is 90.6 Å². The van der Waals surface area contributed by atoms with Crippen molar-refractivity contribution in [2.75, 3.05) is 50.0 Å². The number of nitrogens with two attached hydrogens (primary N) is 1. The van der Waals surface area contributed by atoms with E-state index in [0.29, 0.717) is 38.4 Å². The van der Waals surface area contributed by atoms with Crippen molar-refractivity contribution in [3.05, 3.63) is 36.2 Å². The summed E-state index contributed by atoms with van der Waals surface area (Å²) in [6.45, 7) is 8.59. The molecule has 16 nitrogen and oxygen atoms in total. The van der Waals surface area contributed by atoms with Gasteiger partial charge in [0, 0.05) is 49.7 Å². The summed E-state index contributed by atoms with van der Waals surface area (Å²) in [7, 11) is 0. The SMILES string of the molecule is CC(C)OC(=O)[C@H](CCC(=O)N1CCC(Nc2nc(NCc3cn(CCCNCCCNC4CCCCC4)[nH]3)nc3ccccc23)CC1)NC(=O)[C@@H](N)CO. The third-order valence-corrected chi connectivity index (χ3v) is 10.3. The van der Waals surface area contributed by atoms with Crippen molar-refractivity contribution in [1.29, 1.82) is 0 Å². The van der Waals surface area contributed by atoms with Gasteiger partial charge in [0.05, 0.1) is 30.5 Å². The number of esters is 1. The average Bonchev–Trinajstić information content (AvgIpc) is 3.17. The van der Waals surface area contributed by atoms with Gasteiger partial charge in [0.25, 0.3) is 0 Å². The van der Waals surface area contributed by atoms with E-state index in [1.54, 1.807) is 18.7 Å². The number of rotatable bonds is 22. The Kier molecular flexibility index (Phi) is 16.6. The number of nitrogens with one attached hydrogen (secondary N) is 6. The molecule has 2 amide bonds. The van der Waals surface area contributed by atoms with Gasteiger partial charge in [-0.3, -0.25) is 19.4 Å². The van der Waals surface area contributed by atoms with E-state index >= 15 is 0 Å². The Morgan fingerprint density at radius 1 is 1.00 bits per heavy atom. The molecular formula is C39H63N11O5. The lowest BCUT2D eigenvalue weighted by atomic mass is 9.95. The average molecular weight is 766 g/mol. The molecule has 0 bridgehead atoms. The Balaban J connectivity index is 1.03. The van der Waals surface area contributed by atoms with Gasteiger partial charge >= 0.3 is 5.97 Å². The van der Waals surface area contributed by atoms with Crippen LogP contribution in [0.1, 0.15) is 90.2 Å². The molecule has 16 heteroatoms. The van der Waals surface area contributed by atoms with Crippen molar-refractivity contribution in [2.24, 2.45) is 5.73 Å². The molecule has 304 valence electrons. The normalized spacial score (nSPS) is 16.6. The molecule has 1 aliphatic carbocycles. The lowest BCUT2D eigenvalue weighted by Gasteiger charge is -2.33. The van der Waals surface area contributed by atoms with E-state index in [0.717, 1.165) is 67.5 Å². The zero-order valence-corrected chi connectivity index (χ0v) is 32.7. The lowest BCUT2D eigenvalue weighted by molar-refractivity contribution is -0.152. The van der Waals surface area contributed by atoms with Crippen molar-refractivity contribution >= 4 is 40.5 Å². The van der Waals surface area contributed by atoms with Crippen LogP contribution in [-0.2, 0) is 32.2 Å². The van der Waals surface area contributed by atoms with Crippen LogP contribution >= 0.6 is 0 Å². The molecule has 3 aromatic rings. The molecule has 55 heavy (non-hydrogen) atoms. The number of anilines is 2. The molecule has 1 saturated carbocycles. The van der Waals surface area contributed by atoms with Crippen LogP contribution in [0.3, 0.4) is 0 Å². The molecule has 0 spiro atoms. The lowest BCUT2D eigenvalue weighted by Crippen LogP contribution is -2.51. The van der Waals surface area contributed by atoms with Crippen LogP contribution in [0.15, 0.2) is 30.5 Å². The topological polar surface area (TPSA) is 217 Å². The van der Waals surface area contributed by atoms with E-state index in [1.807, 2.05) is 24.3 Å². The Morgan fingerprint density at radius 2 is 1.75 bits per heavy atom. The van der Waals surface area contributed by atoms with Gasteiger partial charge in [0.1, 0.15) is 17.9 Å². The standard InChI is InChI=1S/C39H63N11O5/c1-27(2)55-38(54)34(45-37(53)32(40)26-51)14-15-35(52)49-22-16-29(17-23-49)44-36-31-12-6-7-13-33(31)46-39(47-36)43-24-30-25-50(48-30)21-9-19-41-18-8-20-42-28-10-4-3-5-11-28/h6-7,12-13,25,27-29,32,34,41-42,48,51H,3-5,8-11,14-24,26,40H2,1-2H3,(H,45,53)(H2,43,44,46,47)/t32-,34-/m0/s1. The minimum atomic E-state index is -1.17. The van der Waals surface area contributed by atoms with Crippen LogP contribution in [0.25, 0.3) is 10.9 Å². The number of aromatic nitrogens is 4. The second-order valence-corrected chi connectivity index (χ2v) is 15.1. The van der Waals surface area contributed by atoms with Crippen LogP contribution in [0.2, 0.25) is 0 Å². The third-order valence-electron chi connectivity index (χ3n) is 10.3. The number of para-hydroxylation sites is 1. The third kappa shape index (κ3) is 13.5. The van der Waals surface area contributed by atoms with E-state index < -0.39 is 36.7 Å². The monoisotopic (exact) mass is 766 g/mol. The maximum atomic E-state index is 13.2. The second kappa shape index (κ2) is 21.7. The van der Waals surface area contributed by atoms with Gasteiger partial charge in [0.15, 0.2) is 0 Å². The molecule has 2 fully saturated rings. The summed E-state index contributed by atoms with van der Waals surface area (Å²) in [5, 5.41) is 30.3. The first kappa shape index (κ1) is 41.9. The second-order valence-electron chi connectivity index (χ2n) is 15.1. The highest BCUT2D eigenvalue weighted by molar-refractivity contribution is 5.90. The van der Waals surface area contributed by atoms with Gasteiger partial charge in [-0.2, -0.15) is 4.98 Å². The van der Waals surface area contributed by atoms with Gasteiger partial charge in [-0.1, -0.05) is 31.4 Å². The molecule has 1 aromatic carbocycles. The molecule has 1 aliphatic heterocycles. The van der Waals surface area contributed by atoms with E-state index in [-0.39, 0.29) is 24.8 Å². The molecule has 0 radical (unpaired) electrons. The fourth-order valence-electron chi connectivity index (χ4n) is 7.16. The summed E-state index contributed by atoms with van der Waals surface area (Å²) in [5.74, 6) is -0.142. The van der Waals surface area contributed by atoms with Crippen molar-refractivity contribution in [2.45, 2.75) is 128 Å². The summed E-state index contributed by atoms with van der Waals surface area (Å²) < 4.78 is 7.39. The summed E-state index contributed by atoms with van der Waals surface area (Å²) in [4.78, 5) is 49.5. The molecule has 2 atom stereocenters. The molecule has 2 aliphatic rings. The number of carbonyl (C=O) groups is 3. The van der Waals surface area contributed by atoms with E-state index in [2.05, 4.69) is 42.6 Å².